The second-order valence-electron chi connectivity index (χ2n) is 4.97. The molecule has 0 atom stereocenters. The molecular weight excluding hydrogens is 273 g/mol. The van der Waals surface area contributed by atoms with Crippen molar-refractivity contribution in [2.75, 3.05) is 0 Å². The Balaban J connectivity index is 2.27. The Morgan fingerprint density at radius 3 is 2.48 bits per heavy atom. The average molecular weight is 287 g/mol. The molecule has 0 aliphatic carbocycles. The predicted octanol–water partition coefficient (Wildman–Crippen LogP) is 3.78. The molecule has 0 bridgehead atoms. The summed E-state index contributed by atoms with van der Waals surface area (Å²) >= 11 is 0. The molecule has 0 aliphatic heterocycles. The quantitative estimate of drug-likeness (QED) is 0.488. The zero-order chi connectivity index (χ0) is 15.6. The highest BCUT2D eigenvalue weighted by Crippen LogP contribution is 2.19. The van der Waals surface area contributed by atoms with Crippen molar-refractivity contribution in [3.63, 3.8) is 0 Å². The van der Waals surface area contributed by atoms with Crippen molar-refractivity contribution in [1.29, 1.82) is 0 Å². The van der Waals surface area contributed by atoms with Crippen molar-refractivity contribution in [3.8, 4) is 0 Å². The van der Waals surface area contributed by atoms with Gasteiger partial charge in [0.05, 0.1) is 11.0 Å². The number of rotatable bonds is 4. The maximum Gasteiger partial charge on any atom is 0.273 e. The van der Waals surface area contributed by atoms with Crippen LogP contribution in [0.5, 0.6) is 0 Å². The summed E-state index contributed by atoms with van der Waals surface area (Å²) < 4.78 is 13.3. The van der Waals surface area contributed by atoms with E-state index in [0.717, 1.165) is 34.9 Å². The fraction of sp³-hybridized carbons (Fsp3) is 0.188. The maximum absolute atomic E-state index is 13.3. The SMILES string of the molecule is Cc1ccc(CC(=O)c2cc(F)cc([N+](=O)[O-])c2)cc1C. The Hall–Kier alpha value is -2.56. The third kappa shape index (κ3) is 3.51. The highest BCUT2D eigenvalue weighted by atomic mass is 19.1. The molecule has 0 saturated heterocycles. The monoisotopic (exact) mass is 287 g/mol. The van der Waals surface area contributed by atoms with Gasteiger partial charge in [-0.25, -0.2) is 4.39 Å². The summed E-state index contributed by atoms with van der Waals surface area (Å²) in [6.07, 6.45) is 0.0850. The van der Waals surface area contributed by atoms with Crippen LogP contribution in [0.3, 0.4) is 0 Å². The van der Waals surface area contributed by atoms with Crippen molar-refractivity contribution in [2.24, 2.45) is 0 Å². The fourth-order valence-electron chi connectivity index (χ4n) is 2.04. The van der Waals surface area contributed by atoms with Gasteiger partial charge in [-0.3, -0.25) is 14.9 Å². The molecule has 0 spiro atoms. The van der Waals surface area contributed by atoms with Gasteiger partial charge in [0, 0.05) is 18.1 Å². The number of carbonyl (C=O) groups excluding carboxylic acids is 1. The van der Waals surface area contributed by atoms with E-state index in [9.17, 15) is 19.3 Å². The molecule has 0 aliphatic rings. The summed E-state index contributed by atoms with van der Waals surface area (Å²) in [5, 5.41) is 10.7. The molecule has 2 rings (SSSR count). The smallest absolute Gasteiger partial charge is 0.273 e. The van der Waals surface area contributed by atoms with E-state index in [1.54, 1.807) is 0 Å². The number of hydrogen-bond donors (Lipinski definition) is 0. The minimum absolute atomic E-state index is 0.0138. The van der Waals surface area contributed by atoms with Gasteiger partial charge in [0.2, 0.25) is 0 Å². The molecular formula is C16H14FNO3. The van der Waals surface area contributed by atoms with Crippen molar-refractivity contribution in [3.05, 3.63) is 74.6 Å². The van der Waals surface area contributed by atoms with E-state index < -0.39 is 16.4 Å². The average Bonchev–Trinajstić information content (AvgIpc) is 2.42. The molecule has 0 aromatic heterocycles. The van der Waals surface area contributed by atoms with Gasteiger partial charge in [-0.15, -0.1) is 0 Å². The van der Waals surface area contributed by atoms with Crippen LogP contribution >= 0.6 is 0 Å². The van der Waals surface area contributed by atoms with E-state index in [1.807, 2.05) is 32.0 Å². The van der Waals surface area contributed by atoms with Gasteiger partial charge in [0.15, 0.2) is 5.78 Å². The van der Waals surface area contributed by atoms with Crippen molar-refractivity contribution < 1.29 is 14.1 Å². The van der Waals surface area contributed by atoms with Crippen molar-refractivity contribution in [2.45, 2.75) is 20.3 Å². The van der Waals surface area contributed by atoms with Crippen LogP contribution in [0.1, 0.15) is 27.0 Å². The van der Waals surface area contributed by atoms with E-state index in [0.29, 0.717) is 0 Å². The summed E-state index contributed by atoms with van der Waals surface area (Å²) in [7, 11) is 0. The highest BCUT2D eigenvalue weighted by molar-refractivity contribution is 5.98. The molecule has 0 saturated carbocycles. The summed E-state index contributed by atoms with van der Waals surface area (Å²) in [4.78, 5) is 22.1. The molecule has 108 valence electrons. The first-order valence-electron chi connectivity index (χ1n) is 6.41. The molecule has 0 unspecified atom stereocenters. The molecule has 5 heteroatoms. The van der Waals surface area contributed by atoms with E-state index >= 15 is 0 Å². The topological polar surface area (TPSA) is 60.2 Å². The fourth-order valence-corrected chi connectivity index (χ4v) is 2.04. The molecule has 21 heavy (non-hydrogen) atoms. The number of hydrogen-bond acceptors (Lipinski definition) is 3. The van der Waals surface area contributed by atoms with Gasteiger partial charge < -0.3 is 0 Å². The first-order valence-corrected chi connectivity index (χ1v) is 6.41. The third-order valence-electron chi connectivity index (χ3n) is 3.35. The summed E-state index contributed by atoms with van der Waals surface area (Å²) in [6.45, 7) is 3.91. The Labute approximate surface area is 121 Å². The van der Waals surface area contributed by atoms with Gasteiger partial charge in [-0.05, 0) is 36.6 Å². The number of benzene rings is 2. The van der Waals surface area contributed by atoms with Gasteiger partial charge in [-0.1, -0.05) is 18.2 Å². The lowest BCUT2D eigenvalue weighted by Gasteiger charge is -2.05. The lowest BCUT2D eigenvalue weighted by atomic mass is 9.99. The zero-order valence-corrected chi connectivity index (χ0v) is 11.7. The lowest BCUT2D eigenvalue weighted by Crippen LogP contribution is -2.05. The van der Waals surface area contributed by atoms with Crippen LogP contribution in [-0.2, 0) is 6.42 Å². The maximum atomic E-state index is 13.3. The number of ketones is 1. The van der Waals surface area contributed by atoms with Crippen LogP contribution < -0.4 is 0 Å². The van der Waals surface area contributed by atoms with Crippen LogP contribution in [0, 0.1) is 29.8 Å². The van der Waals surface area contributed by atoms with Crippen molar-refractivity contribution in [1.82, 2.24) is 0 Å². The van der Waals surface area contributed by atoms with Gasteiger partial charge in [0.1, 0.15) is 5.82 Å². The molecule has 0 amide bonds. The largest absolute Gasteiger partial charge is 0.294 e. The number of nitrogens with zero attached hydrogens (tertiary/aromatic N) is 1. The second kappa shape index (κ2) is 5.83. The van der Waals surface area contributed by atoms with E-state index in [2.05, 4.69) is 0 Å². The number of nitro groups is 1. The number of nitro benzene ring substituents is 1. The van der Waals surface area contributed by atoms with Crippen LogP contribution in [0.15, 0.2) is 36.4 Å². The van der Waals surface area contributed by atoms with E-state index in [-0.39, 0.29) is 17.8 Å². The van der Waals surface area contributed by atoms with Gasteiger partial charge >= 0.3 is 0 Å². The predicted molar refractivity (Wildman–Crippen MR) is 77.0 cm³/mol. The Kier molecular flexibility index (Phi) is 4.12. The first-order chi connectivity index (χ1) is 9.86. The molecule has 0 radical (unpaired) electrons. The molecule has 0 fully saturated rings. The molecule has 0 heterocycles. The number of aryl methyl sites for hydroxylation is 2. The Bertz CT molecular complexity index is 725. The van der Waals surface area contributed by atoms with Crippen LogP contribution in [-0.4, -0.2) is 10.7 Å². The molecule has 4 nitrogen and oxygen atoms in total. The molecule has 2 aromatic carbocycles. The highest BCUT2D eigenvalue weighted by Gasteiger charge is 2.15. The van der Waals surface area contributed by atoms with Crippen LogP contribution in [0.2, 0.25) is 0 Å². The minimum Gasteiger partial charge on any atom is -0.294 e. The Morgan fingerprint density at radius 1 is 1.14 bits per heavy atom. The Morgan fingerprint density at radius 2 is 1.86 bits per heavy atom. The van der Waals surface area contributed by atoms with Crippen LogP contribution in [0.4, 0.5) is 10.1 Å². The lowest BCUT2D eigenvalue weighted by molar-refractivity contribution is -0.385. The third-order valence-corrected chi connectivity index (χ3v) is 3.35. The van der Waals surface area contributed by atoms with Gasteiger partial charge in [-0.2, -0.15) is 0 Å². The number of non-ortho nitro benzene ring substituents is 1. The summed E-state index contributed by atoms with van der Waals surface area (Å²) in [5.41, 5.74) is 2.58. The molecule has 0 N–H and O–H groups in total. The van der Waals surface area contributed by atoms with E-state index in [1.165, 1.54) is 0 Å². The number of halogens is 1. The summed E-state index contributed by atoms with van der Waals surface area (Å²) in [6, 6.07) is 8.55. The number of carbonyl (C=O) groups is 1. The second-order valence-corrected chi connectivity index (χ2v) is 4.97. The normalized spacial score (nSPS) is 10.4. The van der Waals surface area contributed by atoms with Crippen molar-refractivity contribution >= 4 is 11.5 Å². The van der Waals surface area contributed by atoms with Crippen LogP contribution in [0.25, 0.3) is 0 Å². The van der Waals surface area contributed by atoms with Gasteiger partial charge in [0.25, 0.3) is 5.69 Å². The van der Waals surface area contributed by atoms with E-state index in [4.69, 9.17) is 0 Å². The molecule has 2 aromatic rings. The first kappa shape index (κ1) is 14.8. The minimum atomic E-state index is -0.785. The standard InChI is InChI=1S/C16H14FNO3/c1-10-3-4-12(5-11(10)2)6-16(19)13-7-14(17)9-15(8-13)18(20)21/h3-5,7-9H,6H2,1-2H3. The zero-order valence-electron chi connectivity index (χ0n) is 11.7. The summed E-state index contributed by atoms with van der Waals surface area (Å²) in [5.74, 6) is -1.13. The number of Topliss-reactive ketones (excluding diaryl/α,β-unsaturated/α-hetero) is 1.